The minimum Gasteiger partial charge on any atom is -0.356 e. The maximum absolute atomic E-state index is 11.6. The van der Waals surface area contributed by atoms with Crippen LogP contribution < -0.4 is 5.32 Å². The van der Waals surface area contributed by atoms with Gasteiger partial charge in [0.2, 0.25) is 5.91 Å². The lowest BCUT2D eigenvalue weighted by atomic mass is 10.2. The zero-order valence-corrected chi connectivity index (χ0v) is 13.0. The third-order valence-electron chi connectivity index (χ3n) is 3.25. The number of aromatic nitrogens is 4. The number of hydrogen-bond acceptors (Lipinski definition) is 3. The molecule has 0 spiro atoms. The maximum atomic E-state index is 11.6. The van der Waals surface area contributed by atoms with E-state index in [9.17, 15) is 4.79 Å². The molecule has 7 heteroatoms. The Hall–Kier alpha value is -1.63. The van der Waals surface area contributed by atoms with Crippen molar-refractivity contribution in [1.82, 2.24) is 24.6 Å². The second-order valence-corrected chi connectivity index (χ2v) is 5.19. The Kier molecular flexibility index (Phi) is 4.59. The summed E-state index contributed by atoms with van der Waals surface area (Å²) in [7, 11) is 1.91. The summed E-state index contributed by atoms with van der Waals surface area (Å²) in [5, 5.41) is 7.32. The Morgan fingerprint density at radius 1 is 1.45 bits per heavy atom. The molecule has 2 aromatic heterocycles. The quantitative estimate of drug-likeness (QED) is 0.800. The Bertz CT molecular complexity index is 666. The molecule has 110 valence electrons. The molecule has 0 fully saturated rings. The SMILES string of the molecule is CCCc1nn(C)c2c1[nH]c(=S)n2CCC(=O)NCC. The number of H-pyrrole nitrogens is 1. The summed E-state index contributed by atoms with van der Waals surface area (Å²) >= 11 is 5.36. The van der Waals surface area contributed by atoms with Crippen LogP contribution in [0.25, 0.3) is 11.2 Å². The number of amides is 1. The van der Waals surface area contributed by atoms with E-state index in [0.29, 0.717) is 24.3 Å². The number of aryl methyl sites for hydroxylation is 3. The van der Waals surface area contributed by atoms with Gasteiger partial charge in [0.05, 0.1) is 5.69 Å². The van der Waals surface area contributed by atoms with Crippen LogP contribution in [-0.2, 0) is 24.8 Å². The molecule has 1 amide bonds. The van der Waals surface area contributed by atoms with Gasteiger partial charge < -0.3 is 14.9 Å². The number of aromatic amines is 1. The van der Waals surface area contributed by atoms with Crippen molar-refractivity contribution in [2.75, 3.05) is 6.54 Å². The van der Waals surface area contributed by atoms with Crippen molar-refractivity contribution in [2.45, 2.75) is 39.7 Å². The van der Waals surface area contributed by atoms with Gasteiger partial charge in [0.1, 0.15) is 5.52 Å². The third-order valence-corrected chi connectivity index (χ3v) is 3.57. The molecule has 0 saturated heterocycles. The van der Waals surface area contributed by atoms with Gasteiger partial charge in [0.15, 0.2) is 10.4 Å². The molecule has 2 aromatic rings. The number of imidazole rings is 1. The smallest absolute Gasteiger partial charge is 0.221 e. The Balaban J connectivity index is 2.31. The van der Waals surface area contributed by atoms with Crippen LogP contribution in [0.15, 0.2) is 0 Å². The van der Waals surface area contributed by atoms with Crippen molar-refractivity contribution in [3.63, 3.8) is 0 Å². The van der Waals surface area contributed by atoms with Crippen LogP contribution in [0.3, 0.4) is 0 Å². The van der Waals surface area contributed by atoms with Gasteiger partial charge in [-0.1, -0.05) is 13.3 Å². The van der Waals surface area contributed by atoms with Gasteiger partial charge in [0, 0.05) is 26.6 Å². The molecular formula is C13H21N5OS. The Morgan fingerprint density at radius 3 is 2.85 bits per heavy atom. The zero-order valence-electron chi connectivity index (χ0n) is 12.2. The topological polar surface area (TPSA) is 67.6 Å². The van der Waals surface area contributed by atoms with Crippen LogP contribution in [0.4, 0.5) is 0 Å². The van der Waals surface area contributed by atoms with Crippen molar-refractivity contribution < 1.29 is 4.79 Å². The molecule has 0 saturated carbocycles. The van der Waals surface area contributed by atoms with Gasteiger partial charge >= 0.3 is 0 Å². The van der Waals surface area contributed by atoms with Gasteiger partial charge in [-0.3, -0.25) is 9.48 Å². The molecule has 0 aromatic carbocycles. The van der Waals surface area contributed by atoms with Crippen LogP contribution in [-0.4, -0.2) is 31.8 Å². The first-order valence-corrected chi connectivity index (χ1v) is 7.40. The highest BCUT2D eigenvalue weighted by Crippen LogP contribution is 2.19. The fourth-order valence-electron chi connectivity index (χ4n) is 2.40. The van der Waals surface area contributed by atoms with Gasteiger partial charge in [-0.05, 0) is 25.6 Å². The number of fused-ring (bicyclic) bond motifs is 1. The summed E-state index contributed by atoms with van der Waals surface area (Å²) in [5.41, 5.74) is 2.99. The molecule has 2 N–H and O–H groups in total. The predicted octanol–water partition coefficient (Wildman–Crippen LogP) is 1.91. The highest BCUT2D eigenvalue weighted by molar-refractivity contribution is 7.71. The highest BCUT2D eigenvalue weighted by Gasteiger charge is 2.15. The van der Waals surface area contributed by atoms with Crippen LogP contribution in [0, 0.1) is 4.77 Å². The van der Waals surface area contributed by atoms with Crippen LogP contribution >= 0.6 is 12.2 Å². The van der Waals surface area contributed by atoms with Crippen molar-refractivity contribution in [1.29, 1.82) is 0 Å². The van der Waals surface area contributed by atoms with E-state index in [1.165, 1.54) is 0 Å². The number of hydrogen-bond donors (Lipinski definition) is 2. The first kappa shape index (κ1) is 14.8. The molecule has 0 radical (unpaired) electrons. The first-order chi connectivity index (χ1) is 9.58. The minimum atomic E-state index is 0.0414. The van der Waals surface area contributed by atoms with E-state index in [0.717, 1.165) is 29.7 Å². The summed E-state index contributed by atoms with van der Waals surface area (Å²) in [5.74, 6) is 0.0414. The third kappa shape index (κ3) is 2.77. The molecular weight excluding hydrogens is 274 g/mol. The van der Waals surface area contributed by atoms with E-state index in [2.05, 4.69) is 22.3 Å². The lowest BCUT2D eigenvalue weighted by Crippen LogP contribution is -2.23. The first-order valence-electron chi connectivity index (χ1n) is 6.99. The van der Waals surface area contributed by atoms with Gasteiger partial charge in [-0.25, -0.2) is 0 Å². The molecule has 0 aliphatic rings. The molecule has 2 heterocycles. The largest absolute Gasteiger partial charge is 0.356 e. The number of nitrogens with one attached hydrogen (secondary N) is 2. The predicted molar refractivity (Wildman–Crippen MR) is 81.2 cm³/mol. The van der Waals surface area contributed by atoms with E-state index in [1.54, 1.807) is 0 Å². The fourth-order valence-corrected chi connectivity index (χ4v) is 2.68. The lowest BCUT2D eigenvalue weighted by Gasteiger charge is -2.05. The number of carbonyl (C=O) groups is 1. The molecule has 0 atom stereocenters. The Morgan fingerprint density at radius 2 is 2.20 bits per heavy atom. The summed E-state index contributed by atoms with van der Waals surface area (Å²) in [4.78, 5) is 14.8. The molecule has 0 bridgehead atoms. The van der Waals surface area contributed by atoms with Crippen LogP contribution in [0.2, 0.25) is 0 Å². The molecule has 2 rings (SSSR count). The Labute approximate surface area is 123 Å². The van der Waals surface area contributed by atoms with E-state index in [-0.39, 0.29) is 5.91 Å². The zero-order chi connectivity index (χ0) is 14.7. The number of carbonyl (C=O) groups excluding carboxylic acids is 1. The van der Waals surface area contributed by atoms with Crippen LogP contribution in [0.1, 0.15) is 32.4 Å². The van der Waals surface area contributed by atoms with Crippen LogP contribution in [0.5, 0.6) is 0 Å². The van der Waals surface area contributed by atoms with E-state index in [1.807, 2.05) is 23.2 Å². The normalized spacial score (nSPS) is 11.2. The second kappa shape index (κ2) is 6.21. The molecule has 0 unspecified atom stereocenters. The van der Waals surface area contributed by atoms with Gasteiger partial charge in [-0.15, -0.1) is 0 Å². The number of rotatable bonds is 6. The standard InChI is InChI=1S/C13H21N5OS/c1-4-6-9-11-12(17(3)16-9)18(13(20)15-11)8-7-10(19)14-5-2/h4-8H2,1-3H3,(H,14,19)(H,15,20). The summed E-state index contributed by atoms with van der Waals surface area (Å²) in [6.45, 7) is 5.26. The molecule has 6 nitrogen and oxygen atoms in total. The number of nitrogens with zero attached hydrogens (tertiary/aromatic N) is 3. The van der Waals surface area contributed by atoms with E-state index < -0.39 is 0 Å². The van der Waals surface area contributed by atoms with Crippen molar-refractivity contribution in [3.8, 4) is 0 Å². The van der Waals surface area contributed by atoms with E-state index in [4.69, 9.17) is 12.2 Å². The molecule has 0 aliphatic carbocycles. The molecule has 0 aliphatic heterocycles. The second-order valence-electron chi connectivity index (χ2n) is 4.80. The summed E-state index contributed by atoms with van der Waals surface area (Å²) < 4.78 is 4.44. The minimum absolute atomic E-state index is 0.0414. The van der Waals surface area contributed by atoms with Gasteiger partial charge in [-0.2, -0.15) is 5.10 Å². The average Bonchev–Trinajstić information content (AvgIpc) is 2.87. The van der Waals surface area contributed by atoms with Gasteiger partial charge in [0.25, 0.3) is 0 Å². The highest BCUT2D eigenvalue weighted by atomic mass is 32.1. The molecule has 20 heavy (non-hydrogen) atoms. The van der Waals surface area contributed by atoms with E-state index >= 15 is 0 Å². The fraction of sp³-hybridized carbons (Fsp3) is 0.615. The van der Waals surface area contributed by atoms with Crippen molar-refractivity contribution >= 4 is 29.3 Å². The summed E-state index contributed by atoms with van der Waals surface area (Å²) in [6, 6.07) is 0. The monoisotopic (exact) mass is 295 g/mol. The summed E-state index contributed by atoms with van der Waals surface area (Å²) in [6.07, 6.45) is 2.38. The maximum Gasteiger partial charge on any atom is 0.221 e. The van der Waals surface area contributed by atoms with Crippen molar-refractivity contribution in [2.24, 2.45) is 7.05 Å². The average molecular weight is 295 g/mol. The van der Waals surface area contributed by atoms with Crippen molar-refractivity contribution in [3.05, 3.63) is 10.5 Å². The lowest BCUT2D eigenvalue weighted by molar-refractivity contribution is -0.121.